The van der Waals surface area contributed by atoms with Gasteiger partial charge in [-0.25, -0.2) is 8.78 Å². The van der Waals surface area contributed by atoms with Gasteiger partial charge in [-0.05, 0) is 67.9 Å². The van der Waals surface area contributed by atoms with Crippen LogP contribution < -0.4 is 4.74 Å². The molecule has 5 unspecified atom stereocenters. The van der Waals surface area contributed by atoms with Gasteiger partial charge < -0.3 is 9.53 Å². The minimum atomic E-state index is -0.863. The van der Waals surface area contributed by atoms with Crippen molar-refractivity contribution in [2.75, 3.05) is 0 Å². The van der Waals surface area contributed by atoms with Gasteiger partial charge in [0, 0.05) is 12.5 Å². The van der Waals surface area contributed by atoms with Gasteiger partial charge in [0.25, 0.3) is 0 Å². The van der Waals surface area contributed by atoms with E-state index >= 15 is 0 Å². The average Bonchev–Trinajstić information content (AvgIpc) is 2.96. The Hall–Kier alpha value is -1.78. The molecular weight excluding hydrogens is 542 g/mol. The molecule has 254 valence electrons. The van der Waals surface area contributed by atoms with Crippen molar-refractivity contribution in [1.82, 2.24) is 0 Å². The van der Waals surface area contributed by atoms with E-state index in [1.54, 1.807) is 12.1 Å². The SMILES string of the molecule is CC=O.CCCC.CCCC(=O)C(CCC)Oc1ccc(C(C)C(C)CC(F)C(C)CCC)c(F)c1.CCCCC(C)C. The number of carbonyl (C=O) groups is 2. The number of benzene rings is 1. The topological polar surface area (TPSA) is 43.4 Å². The number of unbranched alkanes of at least 4 members (excludes halogenated alkanes) is 2. The quantitative estimate of drug-likeness (QED) is 0.155. The number of ketones is 1. The highest BCUT2D eigenvalue weighted by Crippen LogP contribution is 2.33. The molecule has 0 aliphatic rings. The van der Waals surface area contributed by atoms with Crippen molar-refractivity contribution >= 4 is 12.1 Å². The van der Waals surface area contributed by atoms with Crippen LogP contribution in [0.1, 0.15) is 172 Å². The Bertz CT molecular complexity index is 778. The van der Waals surface area contributed by atoms with Gasteiger partial charge >= 0.3 is 0 Å². The summed E-state index contributed by atoms with van der Waals surface area (Å²) in [4.78, 5) is 21.0. The second-order valence-corrected chi connectivity index (χ2v) is 12.4. The van der Waals surface area contributed by atoms with E-state index in [9.17, 15) is 13.6 Å². The largest absolute Gasteiger partial charge is 0.483 e. The van der Waals surface area contributed by atoms with Gasteiger partial charge in [-0.2, -0.15) is 0 Å². The van der Waals surface area contributed by atoms with Gasteiger partial charge in [0.1, 0.15) is 24.0 Å². The van der Waals surface area contributed by atoms with Gasteiger partial charge in [-0.1, -0.05) is 127 Å². The molecular formula is C38H70F2O3. The van der Waals surface area contributed by atoms with Crippen LogP contribution in [-0.4, -0.2) is 24.3 Å². The van der Waals surface area contributed by atoms with E-state index in [2.05, 4.69) is 41.5 Å². The van der Waals surface area contributed by atoms with Crippen LogP contribution in [0.3, 0.4) is 0 Å². The summed E-state index contributed by atoms with van der Waals surface area (Å²) in [6.45, 7) is 24.5. The monoisotopic (exact) mass is 613 g/mol. The van der Waals surface area contributed by atoms with Crippen molar-refractivity contribution in [3.8, 4) is 5.75 Å². The smallest absolute Gasteiger partial charge is 0.173 e. The number of aldehydes is 1. The molecule has 0 bridgehead atoms. The molecule has 0 N–H and O–H groups in total. The first-order valence-corrected chi connectivity index (χ1v) is 17.4. The Labute approximate surface area is 266 Å². The molecule has 0 aliphatic carbocycles. The molecule has 0 heterocycles. The van der Waals surface area contributed by atoms with Crippen molar-refractivity contribution in [3.63, 3.8) is 0 Å². The van der Waals surface area contributed by atoms with Gasteiger partial charge in [0.15, 0.2) is 11.9 Å². The second-order valence-electron chi connectivity index (χ2n) is 12.4. The molecule has 0 saturated heterocycles. The molecule has 3 nitrogen and oxygen atoms in total. The van der Waals surface area contributed by atoms with Crippen molar-refractivity contribution in [2.24, 2.45) is 17.8 Å². The minimum absolute atomic E-state index is 0.0320. The van der Waals surface area contributed by atoms with Crippen LogP contribution in [-0.2, 0) is 9.59 Å². The maximum Gasteiger partial charge on any atom is 0.173 e. The highest BCUT2D eigenvalue weighted by atomic mass is 19.1. The molecule has 0 amide bonds. The number of ether oxygens (including phenoxy) is 1. The number of carbonyl (C=O) groups excluding carboxylic acids is 2. The number of hydrogen-bond donors (Lipinski definition) is 0. The van der Waals surface area contributed by atoms with E-state index in [1.165, 1.54) is 45.1 Å². The lowest BCUT2D eigenvalue weighted by atomic mass is 9.82. The zero-order valence-corrected chi connectivity index (χ0v) is 30.2. The lowest BCUT2D eigenvalue weighted by Gasteiger charge is -2.25. The van der Waals surface area contributed by atoms with Crippen LogP contribution in [0.25, 0.3) is 0 Å². The maximum absolute atomic E-state index is 14.8. The first-order valence-electron chi connectivity index (χ1n) is 17.4. The van der Waals surface area contributed by atoms with Crippen LogP contribution in [0, 0.1) is 23.6 Å². The molecule has 43 heavy (non-hydrogen) atoms. The fourth-order valence-corrected chi connectivity index (χ4v) is 4.42. The molecule has 0 aliphatic heterocycles. The first kappa shape index (κ1) is 45.6. The third kappa shape index (κ3) is 24.3. The zero-order chi connectivity index (χ0) is 33.8. The van der Waals surface area contributed by atoms with Crippen molar-refractivity contribution < 1.29 is 23.1 Å². The lowest BCUT2D eigenvalue weighted by Crippen LogP contribution is -2.27. The Balaban J connectivity index is -0.000000946. The standard InChI is InChI=1S/C25H40F2O2.C7H16.C4H10.C2H4O/c1-7-10-17(4)22(26)15-18(5)19(6)21-14-13-20(16-23(21)27)29-25(12-9-3)24(28)11-8-2;1-4-5-6-7(2)3;1-3-4-2;1-2-3/h13-14,16-19,22,25H,7-12,15H2,1-6H3;7H,4-6H2,1-3H3;3-4H2,1-2H3;2H,1H3. The summed E-state index contributed by atoms with van der Waals surface area (Å²) in [6.07, 6.45) is 11.1. The van der Waals surface area contributed by atoms with Crippen molar-refractivity contribution in [3.05, 3.63) is 29.6 Å². The van der Waals surface area contributed by atoms with Gasteiger partial charge in [-0.3, -0.25) is 4.79 Å². The third-order valence-electron chi connectivity index (χ3n) is 7.59. The number of rotatable bonds is 18. The number of Topliss-reactive ketones (excluding diaryl/α,β-unsaturated/α-hetero) is 1. The highest BCUT2D eigenvalue weighted by Gasteiger charge is 2.25. The second kappa shape index (κ2) is 30.3. The Morgan fingerprint density at radius 2 is 1.37 bits per heavy atom. The van der Waals surface area contributed by atoms with Crippen LogP contribution in [0.15, 0.2) is 18.2 Å². The fourth-order valence-electron chi connectivity index (χ4n) is 4.42. The minimum Gasteiger partial charge on any atom is -0.483 e. The van der Waals surface area contributed by atoms with Gasteiger partial charge in [0.2, 0.25) is 0 Å². The Morgan fingerprint density at radius 1 is 0.814 bits per heavy atom. The molecule has 0 fully saturated rings. The maximum atomic E-state index is 14.8. The van der Waals surface area contributed by atoms with Gasteiger partial charge in [0.05, 0.1) is 0 Å². The summed E-state index contributed by atoms with van der Waals surface area (Å²) in [7, 11) is 0. The summed E-state index contributed by atoms with van der Waals surface area (Å²) in [5, 5.41) is 0. The van der Waals surface area contributed by atoms with Crippen molar-refractivity contribution in [2.45, 2.75) is 178 Å². The zero-order valence-electron chi connectivity index (χ0n) is 30.2. The van der Waals surface area contributed by atoms with Crippen LogP contribution in [0.2, 0.25) is 0 Å². The van der Waals surface area contributed by atoms with E-state index in [0.29, 0.717) is 30.6 Å². The van der Waals surface area contributed by atoms with Gasteiger partial charge in [-0.15, -0.1) is 0 Å². The Morgan fingerprint density at radius 3 is 1.77 bits per heavy atom. The van der Waals surface area contributed by atoms with E-state index in [1.807, 2.05) is 34.6 Å². The van der Waals surface area contributed by atoms with Crippen LogP contribution in [0.4, 0.5) is 8.78 Å². The number of alkyl halides is 1. The Kier molecular flexibility index (Phi) is 32.1. The molecule has 0 radical (unpaired) electrons. The molecule has 0 aromatic heterocycles. The van der Waals surface area contributed by atoms with Crippen LogP contribution >= 0.6 is 0 Å². The normalized spacial score (nSPS) is 13.9. The first-order chi connectivity index (χ1) is 20.3. The summed E-state index contributed by atoms with van der Waals surface area (Å²) < 4.78 is 35.1. The average molecular weight is 613 g/mol. The molecule has 0 spiro atoms. The summed E-state index contributed by atoms with van der Waals surface area (Å²) >= 11 is 0. The van der Waals surface area contributed by atoms with E-state index in [4.69, 9.17) is 9.53 Å². The number of hydrogen-bond acceptors (Lipinski definition) is 3. The molecule has 5 atom stereocenters. The molecule has 1 aromatic carbocycles. The predicted octanol–water partition coefficient (Wildman–Crippen LogP) is 12.5. The highest BCUT2D eigenvalue weighted by molar-refractivity contribution is 5.83. The lowest BCUT2D eigenvalue weighted by molar-refractivity contribution is -0.126. The molecule has 0 saturated carbocycles. The molecule has 1 aromatic rings. The summed E-state index contributed by atoms with van der Waals surface area (Å²) in [5.41, 5.74) is 0.576. The van der Waals surface area contributed by atoms with E-state index in [-0.39, 0.29) is 29.4 Å². The van der Waals surface area contributed by atoms with Crippen LogP contribution in [0.5, 0.6) is 5.75 Å². The van der Waals surface area contributed by atoms with Crippen molar-refractivity contribution in [1.29, 1.82) is 0 Å². The third-order valence-corrected chi connectivity index (χ3v) is 7.59. The number of halogens is 2. The summed E-state index contributed by atoms with van der Waals surface area (Å²) in [6, 6.07) is 4.82. The molecule has 5 heteroatoms. The summed E-state index contributed by atoms with van der Waals surface area (Å²) in [5.74, 6) is 0.974. The predicted molar refractivity (Wildman–Crippen MR) is 183 cm³/mol. The van der Waals surface area contributed by atoms with E-state index in [0.717, 1.165) is 37.9 Å². The fraction of sp³-hybridized carbons (Fsp3) is 0.789. The molecule has 1 rings (SSSR count). The van der Waals surface area contributed by atoms with E-state index < -0.39 is 12.3 Å².